The Morgan fingerprint density at radius 1 is 1.00 bits per heavy atom. The first-order valence-electron chi connectivity index (χ1n) is 13.2. The van der Waals surface area contributed by atoms with Gasteiger partial charge < -0.3 is 25.1 Å². The molecule has 1 saturated heterocycles. The van der Waals surface area contributed by atoms with Crippen LogP contribution in [-0.4, -0.2) is 62.1 Å². The van der Waals surface area contributed by atoms with Crippen molar-refractivity contribution in [3.05, 3.63) is 59.6 Å². The number of aromatic amines is 3. The molecular formula is C26H29FN11S+. The van der Waals surface area contributed by atoms with E-state index in [1.54, 1.807) is 30.1 Å². The lowest BCUT2D eigenvalue weighted by Crippen LogP contribution is -2.39. The van der Waals surface area contributed by atoms with Crippen molar-refractivity contribution in [1.82, 2.24) is 29.9 Å². The number of rotatable bonds is 6. The minimum atomic E-state index is -0.301. The van der Waals surface area contributed by atoms with E-state index < -0.39 is 0 Å². The summed E-state index contributed by atoms with van der Waals surface area (Å²) in [6, 6.07) is 5.37. The third kappa shape index (κ3) is 4.85. The molecule has 1 fully saturated rings. The molecule has 0 radical (unpaired) electrons. The van der Waals surface area contributed by atoms with Gasteiger partial charge in [-0.05, 0) is 25.0 Å². The Hall–Kier alpha value is -4.26. The third-order valence-corrected chi connectivity index (χ3v) is 8.29. The highest BCUT2D eigenvalue weighted by atomic mass is 32.1. The molecule has 0 amide bonds. The molecule has 0 bridgehead atoms. The highest BCUT2D eigenvalue weighted by molar-refractivity contribution is 7.13. The van der Waals surface area contributed by atoms with Gasteiger partial charge in [-0.25, -0.2) is 24.3 Å². The first-order chi connectivity index (χ1) is 19.2. The van der Waals surface area contributed by atoms with Crippen LogP contribution in [0.15, 0.2) is 42.4 Å². The first-order valence-corrected chi connectivity index (χ1v) is 14.1. The number of piperidine rings is 1. The summed E-state index contributed by atoms with van der Waals surface area (Å²) in [6.07, 6.45) is 8.82. The molecule has 39 heavy (non-hydrogen) atoms. The van der Waals surface area contributed by atoms with E-state index in [4.69, 9.17) is 0 Å². The number of nitrogens with one attached hydrogen (secondary N) is 5. The molecule has 0 unspecified atom stereocenters. The van der Waals surface area contributed by atoms with Crippen molar-refractivity contribution < 1.29 is 9.37 Å². The molecule has 0 aliphatic carbocycles. The fraction of sp³-hybridized carbons (Fsp3) is 0.346. The van der Waals surface area contributed by atoms with Gasteiger partial charge in [-0.1, -0.05) is 4.98 Å². The van der Waals surface area contributed by atoms with Gasteiger partial charge in [-0.3, -0.25) is 5.32 Å². The van der Waals surface area contributed by atoms with Gasteiger partial charge in [0.15, 0.2) is 10.6 Å². The van der Waals surface area contributed by atoms with Gasteiger partial charge >= 0.3 is 5.95 Å². The number of aromatic nitrogens is 7. The van der Waals surface area contributed by atoms with E-state index in [1.165, 1.54) is 11.8 Å². The van der Waals surface area contributed by atoms with Crippen LogP contribution in [0.3, 0.4) is 0 Å². The van der Waals surface area contributed by atoms with E-state index in [9.17, 15) is 0 Å². The molecule has 4 aromatic heterocycles. The number of thiazole rings is 1. The predicted molar refractivity (Wildman–Crippen MR) is 149 cm³/mol. The Morgan fingerprint density at radius 3 is 2.72 bits per heavy atom. The van der Waals surface area contributed by atoms with Crippen molar-refractivity contribution in [3.8, 4) is 0 Å². The highest BCUT2D eigenvalue weighted by Gasteiger charge is 2.25. The number of benzene rings is 1. The molecule has 0 atom stereocenters. The summed E-state index contributed by atoms with van der Waals surface area (Å²) in [7, 11) is 0. The van der Waals surface area contributed by atoms with Gasteiger partial charge in [0.05, 0.1) is 42.8 Å². The van der Waals surface area contributed by atoms with Crippen LogP contribution in [0.1, 0.15) is 24.2 Å². The molecule has 1 aromatic carbocycles. The van der Waals surface area contributed by atoms with Crippen molar-refractivity contribution >= 4 is 50.8 Å². The third-order valence-electron chi connectivity index (χ3n) is 7.46. The Kier molecular flexibility index (Phi) is 6.19. The van der Waals surface area contributed by atoms with E-state index in [-0.39, 0.29) is 11.9 Å². The van der Waals surface area contributed by atoms with Gasteiger partial charge in [0.25, 0.3) is 0 Å². The van der Waals surface area contributed by atoms with Crippen molar-refractivity contribution in [2.75, 3.05) is 46.6 Å². The van der Waals surface area contributed by atoms with E-state index in [0.29, 0.717) is 23.0 Å². The van der Waals surface area contributed by atoms with Crippen LogP contribution in [0.25, 0.3) is 11.2 Å². The zero-order valence-corrected chi connectivity index (χ0v) is 22.1. The minimum absolute atomic E-state index is 0.222. The molecule has 13 heteroatoms. The highest BCUT2D eigenvalue weighted by Crippen LogP contribution is 2.27. The quantitative estimate of drug-likeness (QED) is 0.255. The van der Waals surface area contributed by atoms with Crippen LogP contribution >= 0.6 is 11.3 Å². The summed E-state index contributed by atoms with van der Waals surface area (Å²) in [5, 5.41) is 9.68. The molecule has 2 aliphatic heterocycles. The summed E-state index contributed by atoms with van der Waals surface area (Å²) < 4.78 is 15.1. The van der Waals surface area contributed by atoms with Gasteiger partial charge in [0.2, 0.25) is 11.5 Å². The van der Waals surface area contributed by atoms with Crippen molar-refractivity contribution in [2.45, 2.75) is 31.7 Å². The van der Waals surface area contributed by atoms with E-state index in [2.05, 4.69) is 55.3 Å². The first kappa shape index (κ1) is 23.8. The fourth-order valence-electron chi connectivity index (χ4n) is 5.41. The predicted octanol–water partition coefficient (Wildman–Crippen LogP) is 3.52. The Balaban J connectivity index is 1.05. The van der Waals surface area contributed by atoms with Gasteiger partial charge in [0.1, 0.15) is 5.82 Å². The summed E-state index contributed by atoms with van der Waals surface area (Å²) in [6.45, 7) is 3.45. The maximum Gasteiger partial charge on any atom is 0.351 e. The molecule has 0 spiro atoms. The molecule has 200 valence electrons. The smallest absolute Gasteiger partial charge is 0.351 e. The average molecular weight is 547 g/mol. The Bertz CT molecular complexity index is 1550. The molecular weight excluding hydrogens is 517 g/mol. The maximum atomic E-state index is 15.1. The van der Waals surface area contributed by atoms with Crippen molar-refractivity contribution in [1.29, 1.82) is 0 Å². The minimum Gasteiger partial charge on any atom is -0.380 e. The topological polar surface area (TPSA) is 128 Å². The molecule has 0 saturated carbocycles. The van der Waals surface area contributed by atoms with Crippen LogP contribution in [0.2, 0.25) is 0 Å². The van der Waals surface area contributed by atoms with E-state index in [0.717, 1.165) is 74.0 Å². The normalized spacial score (nSPS) is 16.3. The summed E-state index contributed by atoms with van der Waals surface area (Å²) >= 11 is 1.66. The van der Waals surface area contributed by atoms with Crippen LogP contribution in [0.5, 0.6) is 0 Å². The SMILES string of the molecule is Fc1cc(Nc2nc3nc[nH]c3c(N3CCc4nc[nH]c4CC3)[nH+]2)ccc1NC1CCN(c2nccs2)CC1. The van der Waals surface area contributed by atoms with Gasteiger partial charge in [0, 0.05) is 55.3 Å². The lowest BCUT2D eigenvalue weighted by molar-refractivity contribution is -0.348. The number of hydrogen-bond acceptors (Lipinski definition) is 9. The zero-order chi connectivity index (χ0) is 26.2. The number of hydrogen-bond donors (Lipinski definition) is 4. The Labute approximate surface area is 227 Å². The monoisotopic (exact) mass is 546 g/mol. The maximum absolute atomic E-state index is 15.1. The molecule has 5 N–H and O–H groups in total. The van der Waals surface area contributed by atoms with E-state index in [1.807, 2.05) is 17.6 Å². The lowest BCUT2D eigenvalue weighted by Gasteiger charge is -2.32. The molecule has 11 nitrogen and oxygen atoms in total. The van der Waals surface area contributed by atoms with E-state index >= 15 is 4.39 Å². The average Bonchev–Trinajstić information content (AvgIpc) is 3.72. The number of H-pyrrole nitrogens is 3. The van der Waals surface area contributed by atoms with Crippen molar-refractivity contribution in [2.24, 2.45) is 0 Å². The van der Waals surface area contributed by atoms with Gasteiger partial charge in [-0.2, -0.15) is 0 Å². The largest absolute Gasteiger partial charge is 0.380 e. The standard InChI is InChI=1S/C26H28FN11S/c27-18-13-17(1-2-19(18)33-16-3-8-38(9-4-16)26-28-7-12-39-26)34-25-35-23-22(31-15-32-23)24(36-25)37-10-5-20-21(6-11-37)30-14-29-20/h1-2,7,12-16,33H,3-6,8-11H2,(H,29,30)(H2,31,32,34,35,36)/p+1. The van der Waals surface area contributed by atoms with Crippen LogP contribution in [-0.2, 0) is 12.8 Å². The summed E-state index contributed by atoms with van der Waals surface area (Å²) in [5.41, 5.74) is 4.84. The molecule has 5 aromatic rings. The molecule has 7 rings (SSSR count). The van der Waals surface area contributed by atoms with Gasteiger partial charge in [-0.15, -0.1) is 11.3 Å². The molecule has 6 heterocycles. The van der Waals surface area contributed by atoms with Crippen LogP contribution in [0.4, 0.5) is 32.7 Å². The number of imidazole rings is 2. The summed E-state index contributed by atoms with van der Waals surface area (Å²) in [5.74, 6) is 1.10. The van der Waals surface area contributed by atoms with Crippen LogP contribution < -0.4 is 25.4 Å². The van der Waals surface area contributed by atoms with Crippen molar-refractivity contribution in [3.63, 3.8) is 0 Å². The second-order valence-electron chi connectivity index (χ2n) is 9.89. The van der Waals surface area contributed by atoms with Crippen LogP contribution in [0, 0.1) is 5.82 Å². The number of halogens is 1. The number of anilines is 5. The molecule has 2 aliphatic rings. The number of nitrogens with zero attached hydrogens (tertiary/aromatic N) is 6. The Morgan fingerprint density at radius 2 is 1.87 bits per heavy atom. The second-order valence-corrected chi connectivity index (χ2v) is 10.8. The zero-order valence-electron chi connectivity index (χ0n) is 21.2. The second kappa shape index (κ2) is 10.1. The lowest BCUT2D eigenvalue weighted by atomic mass is 10.0. The summed E-state index contributed by atoms with van der Waals surface area (Å²) in [4.78, 5) is 32.3. The number of fused-ring (bicyclic) bond motifs is 2. The fourth-order valence-corrected chi connectivity index (χ4v) is 6.11.